The van der Waals surface area contributed by atoms with Crippen LogP contribution in [0.25, 0.3) is 11.0 Å². The maximum Gasteiger partial charge on any atom is 0.231 e. The molecule has 0 spiro atoms. The molecule has 3 rings (SSSR count). The molecule has 0 fully saturated rings. The van der Waals surface area contributed by atoms with Crippen LogP contribution in [0.5, 0.6) is 11.5 Å². The molecule has 90 valence electrons. The Bertz CT molecular complexity index is 575. The number of nitrogens with zero attached hydrogens (tertiary/aromatic N) is 2. The van der Waals surface area contributed by atoms with Crippen LogP contribution in [0.15, 0.2) is 12.1 Å². The van der Waals surface area contributed by atoms with E-state index in [2.05, 4.69) is 16.5 Å². The molecular formula is C12H15N3O2. The smallest absolute Gasteiger partial charge is 0.231 e. The lowest BCUT2D eigenvalue weighted by atomic mass is 10.2. The van der Waals surface area contributed by atoms with E-state index in [-0.39, 0.29) is 12.8 Å². The van der Waals surface area contributed by atoms with Crippen LogP contribution in [0, 0.1) is 0 Å². The second-order valence-corrected chi connectivity index (χ2v) is 4.20. The zero-order valence-electron chi connectivity index (χ0n) is 9.93. The number of ether oxygens (including phenoxy) is 2. The summed E-state index contributed by atoms with van der Waals surface area (Å²) in [5.41, 5.74) is 7.88. The van der Waals surface area contributed by atoms with Gasteiger partial charge in [0.15, 0.2) is 11.5 Å². The lowest BCUT2D eigenvalue weighted by Gasteiger charge is -2.08. The van der Waals surface area contributed by atoms with Gasteiger partial charge in [0.25, 0.3) is 0 Å². The zero-order chi connectivity index (χ0) is 12.0. The molecule has 1 aromatic heterocycles. The molecule has 5 heteroatoms. The van der Waals surface area contributed by atoms with Gasteiger partial charge in [0.1, 0.15) is 5.82 Å². The van der Waals surface area contributed by atoms with E-state index in [1.807, 2.05) is 19.1 Å². The summed E-state index contributed by atoms with van der Waals surface area (Å²) < 4.78 is 12.8. The normalized spacial score (nSPS) is 15.5. The number of aryl methyl sites for hydroxylation is 1. The molecule has 1 atom stereocenters. The average Bonchev–Trinajstić information content (AvgIpc) is 2.87. The van der Waals surface area contributed by atoms with Crippen LogP contribution in [0.2, 0.25) is 0 Å². The fraction of sp³-hybridized carbons (Fsp3) is 0.417. The van der Waals surface area contributed by atoms with Crippen molar-refractivity contribution in [2.45, 2.75) is 26.4 Å². The molecule has 1 aromatic carbocycles. The minimum absolute atomic E-state index is 0.0842. The predicted octanol–water partition coefficient (Wildman–Crippen LogP) is 1.80. The van der Waals surface area contributed by atoms with Gasteiger partial charge < -0.3 is 19.8 Å². The fourth-order valence-electron chi connectivity index (χ4n) is 2.21. The number of nitrogens with two attached hydrogens (primary N) is 1. The molecule has 1 aliphatic rings. The zero-order valence-corrected chi connectivity index (χ0v) is 9.93. The highest BCUT2D eigenvalue weighted by Crippen LogP contribution is 2.36. The van der Waals surface area contributed by atoms with Crippen LogP contribution < -0.4 is 15.2 Å². The highest BCUT2D eigenvalue weighted by Gasteiger charge is 2.19. The summed E-state index contributed by atoms with van der Waals surface area (Å²) in [6, 6.07) is 3.80. The molecule has 0 saturated heterocycles. The van der Waals surface area contributed by atoms with Gasteiger partial charge in [-0.3, -0.25) is 0 Å². The summed E-state index contributed by atoms with van der Waals surface area (Å²) in [4.78, 5) is 4.56. The maximum absolute atomic E-state index is 5.93. The third-order valence-electron chi connectivity index (χ3n) is 3.00. The van der Waals surface area contributed by atoms with Crippen LogP contribution in [0.4, 0.5) is 0 Å². The largest absolute Gasteiger partial charge is 0.454 e. The minimum atomic E-state index is -0.0842. The Kier molecular flexibility index (Phi) is 2.22. The Balaban J connectivity index is 2.27. The van der Waals surface area contributed by atoms with Crippen molar-refractivity contribution in [3.05, 3.63) is 18.0 Å². The van der Waals surface area contributed by atoms with Gasteiger partial charge in [-0.05, 0) is 13.8 Å². The number of rotatable bonds is 2. The molecular weight excluding hydrogens is 218 g/mol. The first-order valence-corrected chi connectivity index (χ1v) is 5.76. The van der Waals surface area contributed by atoms with E-state index in [4.69, 9.17) is 15.2 Å². The summed E-state index contributed by atoms with van der Waals surface area (Å²) in [5, 5.41) is 0. The highest BCUT2D eigenvalue weighted by molar-refractivity contribution is 5.81. The molecule has 2 aromatic rings. The Morgan fingerprint density at radius 2 is 2.12 bits per heavy atom. The Hall–Kier alpha value is -1.75. The van der Waals surface area contributed by atoms with Gasteiger partial charge in [-0.25, -0.2) is 4.98 Å². The third-order valence-corrected chi connectivity index (χ3v) is 3.00. The quantitative estimate of drug-likeness (QED) is 0.859. The van der Waals surface area contributed by atoms with Crippen molar-refractivity contribution in [1.82, 2.24) is 9.55 Å². The monoisotopic (exact) mass is 233 g/mol. The molecule has 1 aliphatic heterocycles. The Morgan fingerprint density at radius 3 is 2.76 bits per heavy atom. The first-order chi connectivity index (χ1) is 8.20. The number of hydrogen-bond acceptors (Lipinski definition) is 4. The Labute approximate surface area is 99.1 Å². The minimum Gasteiger partial charge on any atom is -0.454 e. The summed E-state index contributed by atoms with van der Waals surface area (Å²) in [6.07, 6.45) is 0. The molecule has 2 heterocycles. The van der Waals surface area contributed by atoms with E-state index in [1.54, 1.807) is 0 Å². The lowest BCUT2D eigenvalue weighted by Crippen LogP contribution is -2.12. The summed E-state index contributed by atoms with van der Waals surface area (Å²) in [6.45, 7) is 5.15. The van der Waals surface area contributed by atoms with Gasteiger partial charge in [0.2, 0.25) is 6.79 Å². The standard InChI is InChI=1S/C12H15N3O2/c1-3-15-9-5-11-10(16-6-17-11)4-8(9)14-12(15)7(2)13/h4-5,7H,3,6,13H2,1-2H3/t7-/m1/s1. The first-order valence-electron chi connectivity index (χ1n) is 5.76. The summed E-state index contributed by atoms with van der Waals surface area (Å²) in [5.74, 6) is 2.43. The topological polar surface area (TPSA) is 62.3 Å². The molecule has 2 N–H and O–H groups in total. The SMILES string of the molecule is CCn1c([C@@H](C)N)nc2cc3c(cc21)OCO3. The van der Waals surface area contributed by atoms with E-state index in [9.17, 15) is 0 Å². The van der Waals surface area contributed by atoms with Gasteiger partial charge >= 0.3 is 0 Å². The number of imidazole rings is 1. The van der Waals surface area contributed by atoms with Crippen LogP contribution >= 0.6 is 0 Å². The second-order valence-electron chi connectivity index (χ2n) is 4.20. The number of fused-ring (bicyclic) bond motifs is 2. The molecule has 5 nitrogen and oxygen atoms in total. The van der Waals surface area contributed by atoms with Gasteiger partial charge in [0, 0.05) is 18.7 Å². The van der Waals surface area contributed by atoms with Gasteiger partial charge in [-0.2, -0.15) is 0 Å². The van der Waals surface area contributed by atoms with Crippen molar-refractivity contribution in [3.8, 4) is 11.5 Å². The predicted molar refractivity (Wildman–Crippen MR) is 64.1 cm³/mol. The van der Waals surface area contributed by atoms with Crippen molar-refractivity contribution >= 4 is 11.0 Å². The van der Waals surface area contributed by atoms with E-state index in [0.717, 1.165) is 34.9 Å². The third kappa shape index (κ3) is 1.46. The van der Waals surface area contributed by atoms with Crippen molar-refractivity contribution in [2.75, 3.05) is 6.79 Å². The maximum atomic E-state index is 5.93. The molecule has 0 radical (unpaired) electrons. The van der Waals surface area contributed by atoms with Crippen molar-refractivity contribution in [2.24, 2.45) is 5.73 Å². The van der Waals surface area contributed by atoms with Gasteiger partial charge in [-0.1, -0.05) is 0 Å². The Morgan fingerprint density at radius 1 is 1.41 bits per heavy atom. The number of benzene rings is 1. The van der Waals surface area contributed by atoms with Gasteiger partial charge in [0.05, 0.1) is 17.1 Å². The van der Waals surface area contributed by atoms with E-state index < -0.39 is 0 Å². The molecule has 0 bridgehead atoms. The van der Waals surface area contributed by atoms with Crippen LogP contribution in [0.3, 0.4) is 0 Å². The molecule has 0 saturated carbocycles. The molecule has 0 amide bonds. The second kappa shape index (κ2) is 3.63. The number of aromatic nitrogens is 2. The van der Waals surface area contributed by atoms with E-state index in [1.165, 1.54) is 0 Å². The van der Waals surface area contributed by atoms with E-state index in [0.29, 0.717) is 0 Å². The molecule has 0 unspecified atom stereocenters. The fourth-order valence-corrected chi connectivity index (χ4v) is 2.21. The summed E-state index contributed by atoms with van der Waals surface area (Å²) >= 11 is 0. The first kappa shape index (κ1) is 10.4. The van der Waals surface area contributed by atoms with Crippen molar-refractivity contribution in [1.29, 1.82) is 0 Å². The lowest BCUT2D eigenvalue weighted by molar-refractivity contribution is 0.174. The number of hydrogen-bond donors (Lipinski definition) is 1. The van der Waals surface area contributed by atoms with Crippen LogP contribution in [0.1, 0.15) is 25.7 Å². The van der Waals surface area contributed by atoms with Gasteiger partial charge in [-0.15, -0.1) is 0 Å². The molecule has 0 aliphatic carbocycles. The van der Waals surface area contributed by atoms with Crippen LogP contribution in [-0.2, 0) is 6.54 Å². The van der Waals surface area contributed by atoms with E-state index >= 15 is 0 Å². The highest BCUT2D eigenvalue weighted by atomic mass is 16.7. The van der Waals surface area contributed by atoms with Crippen LogP contribution in [-0.4, -0.2) is 16.3 Å². The molecule has 17 heavy (non-hydrogen) atoms. The van der Waals surface area contributed by atoms with Crippen molar-refractivity contribution < 1.29 is 9.47 Å². The summed E-state index contributed by atoms with van der Waals surface area (Å²) in [7, 11) is 0. The average molecular weight is 233 g/mol. The van der Waals surface area contributed by atoms with Crippen molar-refractivity contribution in [3.63, 3.8) is 0 Å².